The molecule has 1 aliphatic rings. The molecule has 3 nitrogen and oxygen atoms in total. The number of carbonyl (C=O) groups is 1. The number of carbonyl (C=O) groups excluding carboxylic acids is 1. The zero-order valence-electron chi connectivity index (χ0n) is 13.6. The fraction of sp³-hybridized carbons (Fsp3) is 0.706. The fourth-order valence-corrected chi connectivity index (χ4v) is 3.70. The van der Waals surface area contributed by atoms with E-state index in [0.29, 0.717) is 12.0 Å². The van der Waals surface area contributed by atoms with Gasteiger partial charge in [-0.1, -0.05) is 27.2 Å². The largest absolute Gasteiger partial charge is 0.319 e. The van der Waals surface area contributed by atoms with E-state index >= 15 is 0 Å². The summed E-state index contributed by atoms with van der Waals surface area (Å²) in [5.74, 6) is 0.966. The fourth-order valence-electron chi connectivity index (χ4n) is 3.02. The molecule has 1 saturated heterocycles. The van der Waals surface area contributed by atoms with Crippen molar-refractivity contribution in [2.24, 2.45) is 5.92 Å². The Kier molecular flexibility index (Phi) is 5.82. The predicted molar refractivity (Wildman–Crippen MR) is 89.3 cm³/mol. The number of amides is 1. The van der Waals surface area contributed by atoms with Crippen LogP contribution >= 0.6 is 11.3 Å². The summed E-state index contributed by atoms with van der Waals surface area (Å²) in [7, 11) is 0. The molecule has 21 heavy (non-hydrogen) atoms. The summed E-state index contributed by atoms with van der Waals surface area (Å²) in [6, 6.07) is 2.41. The van der Waals surface area contributed by atoms with Crippen molar-refractivity contribution < 1.29 is 4.79 Å². The van der Waals surface area contributed by atoms with Gasteiger partial charge >= 0.3 is 0 Å². The van der Waals surface area contributed by atoms with Crippen LogP contribution in [0.3, 0.4) is 0 Å². The molecule has 1 aliphatic heterocycles. The van der Waals surface area contributed by atoms with Crippen LogP contribution in [0.5, 0.6) is 0 Å². The van der Waals surface area contributed by atoms with E-state index < -0.39 is 0 Å². The van der Waals surface area contributed by atoms with Gasteiger partial charge in [-0.3, -0.25) is 10.1 Å². The van der Waals surface area contributed by atoms with Crippen molar-refractivity contribution in [3.8, 4) is 0 Å². The number of nitrogens with one attached hydrogen (secondary N) is 1. The Morgan fingerprint density at radius 1 is 1.33 bits per heavy atom. The minimum absolute atomic E-state index is 0.0126. The van der Waals surface area contributed by atoms with Crippen LogP contribution in [0.15, 0.2) is 16.8 Å². The molecule has 0 aliphatic carbocycles. The first kappa shape index (κ1) is 16.5. The van der Waals surface area contributed by atoms with Crippen molar-refractivity contribution >= 4 is 17.2 Å². The first-order valence-corrected chi connectivity index (χ1v) is 9.09. The number of rotatable bonds is 7. The van der Waals surface area contributed by atoms with E-state index in [1.807, 2.05) is 0 Å². The van der Waals surface area contributed by atoms with Gasteiger partial charge in [0.2, 0.25) is 5.91 Å². The summed E-state index contributed by atoms with van der Waals surface area (Å²) in [6.45, 7) is 8.81. The molecule has 3 atom stereocenters. The summed E-state index contributed by atoms with van der Waals surface area (Å²) in [5, 5.41) is 7.79. The lowest BCUT2D eigenvalue weighted by molar-refractivity contribution is -0.132. The molecule has 0 spiro atoms. The van der Waals surface area contributed by atoms with Gasteiger partial charge in [0.25, 0.3) is 0 Å². The summed E-state index contributed by atoms with van der Waals surface area (Å²) in [6.07, 6.45) is 4.26. The molecule has 4 heteroatoms. The Morgan fingerprint density at radius 2 is 2.10 bits per heavy atom. The van der Waals surface area contributed by atoms with Crippen LogP contribution in [0.25, 0.3) is 0 Å². The molecule has 0 bridgehead atoms. The molecule has 2 rings (SSSR count). The lowest BCUT2D eigenvalue weighted by Gasteiger charge is -2.30. The van der Waals surface area contributed by atoms with Crippen LogP contribution in [-0.4, -0.2) is 22.9 Å². The Labute approximate surface area is 132 Å². The van der Waals surface area contributed by atoms with Crippen LogP contribution in [0.2, 0.25) is 0 Å². The zero-order valence-corrected chi connectivity index (χ0v) is 14.5. The molecular formula is C17H28N2OS. The first-order valence-electron chi connectivity index (χ1n) is 8.14. The molecular weight excluding hydrogens is 280 g/mol. The molecule has 1 N–H and O–H groups in total. The van der Waals surface area contributed by atoms with Gasteiger partial charge in [0.1, 0.15) is 6.17 Å². The highest BCUT2D eigenvalue weighted by Gasteiger charge is 2.41. The van der Waals surface area contributed by atoms with Crippen molar-refractivity contribution in [2.45, 2.75) is 71.6 Å². The van der Waals surface area contributed by atoms with Crippen molar-refractivity contribution in [1.29, 1.82) is 0 Å². The van der Waals surface area contributed by atoms with E-state index in [0.717, 1.165) is 19.3 Å². The smallest absolute Gasteiger partial charge is 0.241 e. The number of thiophene rings is 1. The van der Waals surface area contributed by atoms with Crippen LogP contribution in [-0.2, 0) is 4.79 Å². The van der Waals surface area contributed by atoms with Gasteiger partial charge in [0.15, 0.2) is 0 Å². The monoisotopic (exact) mass is 308 g/mol. The second-order valence-corrected chi connectivity index (χ2v) is 7.31. The second kappa shape index (κ2) is 7.41. The molecule has 0 aromatic carbocycles. The van der Waals surface area contributed by atoms with E-state index in [1.54, 1.807) is 11.3 Å². The van der Waals surface area contributed by atoms with E-state index in [4.69, 9.17) is 0 Å². The highest BCUT2D eigenvalue weighted by atomic mass is 32.1. The van der Waals surface area contributed by atoms with Gasteiger partial charge in [0.05, 0.1) is 6.04 Å². The Hall–Kier alpha value is -0.870. The average Bonchev–Trinajstić information content (AvgIpc) is 3.05. The van der Waals surface area contributed by atoms with Gasteiger partial charge in [-0.05, 0) is 54.5 Å². The summed E-state index contributed by atoms with van der Waals surface area (Å²) < 4.78 is 0. The van der Waals surface area contributed by atoms with E-state index in [9.17, 15) is 4.79 Å². The first-order chi connectivity index (χ1) is 10.0. The molecule has 1 aromatic rings. The maximum atomic E-state index is 12.8. The van der Waals surface area contributed by atoms with Crippen molar-refractivity contribution in [2.75, 3.05) is 0 Å². The Bertz CT molecular complexity index is 444. The summed E-state index contributed by atoms with van der Waals surface area (Å²) in [4.78, 5) is 14.8. The predicted octanol–water partition coefficient (Wildman–Crippen LogP) is 4.17. The molecule has 1 fully saturated rings. The van der Waals surface area contributed by atoms with Gasteiger partial charge in [-0.25, -0.2) is 0 Å². The Balaban J connectivity index is 2.14. The third kappa shape index (κ3) is 3.86. The molecule has 0 saturated carbocycles. The Morgan fingerprint density at radius 3 is 2.67 bits per heavy atom. The normalized spacial score (nSPS) is 24.0. The number of hydrogen-bond acceptors (Lipinski definition) is 3. The van der Waals surface area contributed by atoms with E-state index in [2.05, 4.69) is 54.7 Å². The topological polar surface area (TPSA) is 32.3 Å². The van der Waals surface area contributed by atoms with Gasteiger partial charge in [-0.15, -0.1) is 0 Å². The van der Waals surface area contributed by atoms with Crippen LogP contribution in [0.1, 0.15) is 65.1 Å². The van der Waals surface area contributed by atoms with Gasteiger partial charge < -0.3 is 4.90 Å². The molecule has 0 radical (unpaired) electrons. The summed E-state index contributed by atoms with van der Waals surface area (Å²) in [5.41, 5.74) is 1.23. The molecule has 1 aromatic heterocycles. The summed E-state index contributed by atoms with van der Waals surface area (Å²) >= 11 is 1.70. The highest BCUT2D eigenvalue weighted by molar-refractivity contribution is 7.07. The number of hydrogen-bond donors (Lipinski definition) is 1. The standard InChI is InChI=1S/C17H28N2OS/c1-5-6-15-17(20)19(13(4)8-7-12(2)3)16(18-15)14-9-10-21-11-14/h9-13,15-16,18H,5-8H2,1-4H3. The highest BCUT2D eigenvalue weighted by Crippen LogP contribution is 2.31. The third-order valence-electron chi connectivity index (χ3n) is 4.26. The van der Waals surface area contributed by atoms with Crippen LogP contribution in [0, 0.1) is 5.92 Å². The molecule has 2 heterocycles. The maximum Gasteiger partial charge on any atom is 0.241 e. The lowest BCUT2D eigenvalue weighted by Crippen LogP contribution is -2.38. The van der Waals surface area contributed by atoms with Crippen molar-refractivity contribution in [3.05, 3.63) is 22.4 Å². The zero-order chi connectivity index (χ0) is 15.4. The second-order valence-electron chi connectivity index (χ2n) is 6.53. The quantitative estimate of drug-likeness (QED) is 0.820. The van der Waals surface area contributed by atoms with Gasteiger partial charge in [-0.2, -0.15) is 11.3 Å². The van der Waals surface area contributed by atoms with Crippen molar-refractivity contribution in [3.63, 3.8) is 0 Å². The van der Waals surface area contributed by atoms with Crippen LogP contribution < -0.4 is 5.32 Å². The minimum atomic E-state index is -0.0126. The average molecular weight is 308 g/mol. The SMILES string of the molecule is CCCC1NC(c2ccsc2)N(C(C)CCC(C)C)C1=O. The van der Waals surface area contributed by atoms with Crippen LogP contribution in [0.4, 0.5) is 0 Å². The number of nitrogens with zero attached hydrogens (tertiary/aromatic N) is 1. The maximum absolute atomic E-state index is 12.8. The van der Waals surface area contributed by atoms with E-state index in [-0.39, 0.29) is 18.1 Å². The van der Waals surface area contributed by atoms with E-state index in [1.165, 1.54) is 12.0 Å². The lowest BCUT2D eigenvalue weighted by atomic mass is 10.0. The van der Waals surface area contributed by atoms with Crippen molar-refractivity contribution in [1.82, 2.24) is 10.2 Å². The molecule has 118 valence electrons. The van der Waals surface area contributed by atoms with Gasteiger partial charge in [0, 0.05) is 6.04 Å². The molecule has 3 unspecified atom stereocenters. The minimum Gasteiger partial charge on any atom is -0.319 e. The third-order valence-corrected chi connectivity index (χ3v) is 4.96. The molecule has 1 amide bonds.